The fourth-order valence-corrected chi connectivity index (χ4v) is 4.09. The van der Waals surface area contributed by atoms with E-state index in [1.807, 2.05) is 6.07 Å². The Hall–Kier alpha value is -1.16. The second kappa shape index (κ2) is 5.65. The summed E-state index contributed by atoms with van der Waals surface area (Å²) in [6, 6.07) is 4.94. The standard InChI is InChI=1S/C12H14N2O2S2/c13-9-11-5-6-12(17-11)18(15,16)14-8-7-10-3-1-2-4-10/h3,5-6,14H,1-2,4,7-8H2. The first-order chi connectivity index (χ1) is 8.62. The Kier molecular flexibility index (Phi) is 4.17. The van der Waals surface area contributed by atoms with Crippen molar-refractivity contribution < 1.29 is 8.42 Å². The van der Waals surface area contributed by atoms with Gasteiger partial charge >= 0.3 is 0 Å². The Labute approximate surface area is 111 Å². The van der Waals surface area contributed by atoms with Gasteiger partial charge < -0.3 is 0 Å². The molecular weight excluding hydrogens is 268 g/mol. The summed E-state index contributed by atoms with van der Waals surface area (Å²) in [6.45, 7) is 0.425. The average molecular weight is 282 g/mol. The predicted molar refractivity (Wildman–Crippen MR) is 70.8 cm³/mol. The van der Waals surface area contributed by atoms with Crippen molar-refractivity contribution in [3.63, 3.8) is 0 Å². The lowest BCUT2D eigenvalue weighted by atomic mass is 10.2. The van der Waals surface area contributed by atoms with Crippen LogP contribution >= 0.6 is 11.3 Å². The number of hydrogen-bond donors (Lipinski definition) is 1. The summed E-state index contributed by atoms with van der Waals surface area (Å²) >= 11 is 0.996. The van der Waals surface area contributed by atoms with Crippen LogP contribution in [0.5, 0.6) is 0 Å². The van der Waals surface area contributed by atoms with Crippen molar-refractivity contribution >= 4 is 21.4 Å². The normalized spacial score (nSPS) is 15.4. The zero-order valence-corrected chi connectivity index (χ0v) is 11.5. The van der Waals surface area contributed by atoms with Crippen LogP contribution in [-0.4, -0.2) is 15.0 Å². The van der Waals surface area contributed by atoms with Crippen LogP contribution in [0.15, 0.2) is 28.0 Å². The van der Waals surface area contributed by atoms with E-state index in [0.29, 0.717) is 11.4 Å². The van der Waals surface area contributed by atoms with E-state index >= 15 is 0 Å². The number of nitriles is 1. The third kappa shape index (κ3) is 3.19. The van der Waals surface area contributed by atoms with Crippen molar-refractivity contribution in [3.05, 3.63) is 28.7 Å². The Morgan fingerprint density at radius 3 is 2.89 bits per heavy atom. The number of hydrogen-bond acceptors (Lipinski definition) is 4. The molecule has 4 nitrogen and oxygen atoms in total. The van der Waals surface area contributed by atoms with Crippen molar-refractivity contribution in [2.24, 2.45) is 0 Å². The number of thiophene rings is 1. The van der Waals surface area contributed by atoms with Gasteiger partial charge in [-0.2, -0.15) is 5.26 Å². The number of sulfonamides is 1. The molecule has 0 unspecified atom stereocenters. The molecule has 1 heterocycles. The molecule has 0 bridgehead atoms. The largest absolute Gasteiger partial charge is 0.250 e. The van der Waals surface area contributed by atoms with E-state index in [1.165, 1.54) is 24.1 Å². The summed E-state index contributed by atoms with van der Waals surface area (Å²) in [7, 11) is -3.45. The molecule has 0 amide bonds. The molecule has 1 aliphatic rings. The molecule has 0 saturated carbocycles. The summed E-state index contributed by atoms with van der Waals surface area (Å²) in [5, 5.41) is 8.67. The molecule has 0 fully saturated rings. The summed E-state index contributed by atoms with van der Waals surface area (Å²) in [5.74, 6) is 0. The predicted octanol–water partition coefficient (Wildman–Crippen LogP) is 2.40. The summed E-state index contributed by atoms with van der Waals surface area (Å²) in [4.78, 5) is 0.411. The molecule has 18 heavy (non-hydrogen) atoms. The molecule has 1 N–H and O–H groups in total. The van der Waals surface area contributed by atoms with Crippen molar-refractivity contribution in [2.45, 2.75) is 29.9 Å². The molecule has 96 valence electrons. The summed E-state index contributed by atoms with van der Waals surface area (Å²) in [6.07, 6.45) is 6.33. The molecule has 0 atom stereocenters. The van der Waals surface area contributed by atoms with Gasteiger partial charge in [-0.05, 0) is 37.8 Å². The highest BCUT2D eigenvalue weighted by Crippen LogP contribution is 2.22. The number of allylic oxidation sites excluding steroid dienone is 1. The zero-order valence-electron chi connectivity index (χ0n) is 9.85. The molecule has 0 aromatic carbocycles. The lowest BCUT2D eigenvalue weighted by Gasteiger charge is -2.05. The third-order valence-electron chi connectivity index (χ3n) is 2.83. The minimum Gasteiger partial charge on any atom is -0.210 e. The average Bonchev–Trinajstić information content (AvgIpc) is 2.99. The Bertz CT molecular complexity index is 594. The molecule has 0 radical (unpaired) electrons. The van der Waals surface area contributed by atoms with Gasteiger partial charge in [0.25, 0.3) is 0 Å². The van der Waals surface area contributed by atoms with Gasteiger partial charge in [-0.3, -0.25) is 0 Å². The second-order valence-corrected chi connectivity index (χ2v) is 7.21. The van der Waals surface area contributed by atoms with E-state index in [-0.39, 0.29) is 4.21 Å². The summed E-state index contributed by atoms with van der Waals surface area (Å²) < 4.78 is 26.6. The van der Waals surface area contributed by atoms with E-state index in [9.17, 15) is 8.42 Å². The van der Waals surface area contributed by atoms with Gasteiger partial charge in [0.15, 0.2) is 0 Å². The van der Waals surface area contributed by atoms with E-state index in [2.05, 4.69) is 10.8 Å². The van der Waals surface area contributed by atoms with Gasteiger partial charge in [0, 0.05) is 6.54 Å². The van der Waals surface area contributed by atoms with Gasteiger partial charge in [0.2, 0.25) is 10.0 Å². The first-order valence-corrected chi connectivity index (χ1v) is 8.09. The van der Waals surface area contributed by atoms with Gasteiger partial charge in [-0.15, -0.1) is 11.3 Å². The maximum Gasteiger partial charge on any atom is 0.250 e. The van der Waals surface area contributed by atoms with Crippen molar-refractivity contribution in [2.75, 3.05) is 6.54 Å². The monoisotopic (exact) mass is 282 g/mol. The molecule has 2 rings (SSSR count). The van der Waals surface area contributed by atoms with Crippen LogP contribution in [0.1, 0.15) is 30.6 Å². The van der Waals surface area contributed by atoms with Gasteiger partial charge in [-0.1, -0.05) is 11.6 Å². The molecule has 1 aliphatic carbocycles. The molecule has 0 saturated heterocycles. The number of nitrogens with one attached hydrogen (secondary N) is 1. The first kappa shape index (κ1) is 13.3. The van der Waals surface area contributed by atoms with Crippen LogP contribution in [0.25, 0.3) is 0 Å². The van der Waals surface area contributed by atoms with Crippen molar-refractivity contribution in [3.8, 4) is 6.07 Å². The zero-order chi connectivity index (χ0) is 13.0. The molecule has 1 aromatic heterocycles. The topological polar surface area (TPSA) is 70.0 Å². The number of nitrogens with zero attached hydrogens (tertiary/aromatic N) is 1. The Balaban J connectivity index is 1.93. The Morgan fingerprint density at radius 2 is 2.28 bits per heavy atom. The Morgan fingerprint density at radius 1 is 1.44 bits per heavy atom. The van der Waals surface area contributed by atoms with Crippen LogP contribution in [0.3, 0.4) is 0 Å². The maximum atomic E-state index is 11.9. The smallest absolute Gasteiger partial charge is 0.210 e. The molecule has 6 heteroatoms. The summed E-state index contributed by atoms with van der Waals surface area (Å²) in [5.41, 5.74) is 1.33. The third-order valence-corrected chi connectivity index (χ3v) is 5.77. The van der Waals surface area contributed by atoms with Gasteiger partial charge in [0.05, 0.1) is 0 Å². The molecular formula is C12H14N2O2S2. The lowest BCUT2D eigenvalue weighted by Crippen LogP contribution is -2.24. The SMILES string of the molecule is N#Cc1ccc(S(=O)(=O)NCCC2=CCCC2)s1. The van der Waals surface area contributed by atoms with Crippen molar-refractivity contribution in [1.29, 1.82) is 5.26 Å². The van der Waals surface area contributed by atoms with E-state index in [4.69, 9.17) is 5.26 Å². The van der Waals surface area contributed by atoms with Gasteiger partial charge in [0.1, 0.15) is 15.2 Å². The second-order valence-electron chi connectivity index (χ2n) is 4.13. The van der Waals surface area contributed by atoms with Crippen LogP contribution < -0.4 is 4.72 Å². The molecule has 0 aliphatic heterocycles. The maximum absolute atomic E-state index is 11.9. The highest BCUT2D eigenvalue weighted by atomic mass is 32.2. The highest BCUT2D eigenvalue weighted by Gasteiger charge is 2.16. The van der Waals surface area contributed by atoms with Crippen LogP contribution in [0, 0.1) is 11.3 Å². The quantitative estimate of drug-likeness (QED) is 0.843. The van der Waals surface area contributed by atoms with Crippen LogP contribution in [-0.2, 0) is 10.0 Å². The first-order valence-electron chi connectivity index (χ1n) is 5.79. The minimum absolute atomic E-state index is 0.208. The van der Waals surface area contributed by atoms with E-state index < -0.39 is 10.0 Å². The number of rotatable bonds is 5. The van der Waals surface area contributed by atoms with Crippen LogP contribution in [0.2, 0.25) is 0 Å². The fourth-order valence-electron chi connectivity index (χ4n) is 1.91. The fraction of sp³-hybridized carbons (Fsp3) is 0.417. The van der Waals surface area contributed by atoms with Gasteiger partial charge in [-0.25, -0.2) is 13.1 Å². The van der Waals surface area contributed by atoms with E-state index in [0.717, 1.165) is 30.6 Å². The minimum atomic E-state index is -3.45. The van der Waals surface area contributed by atoms with E-state index in [1.54, 1.807) is 0 Å². The van der Waals surface area contributed by atoms with Crippen molar-refractivity contribution in [1.82, 2.24) is 4.72 Å². The molecule has 1 aromatic rings. The lowest BCUT2D eigenvalue weighted by molar-refractivity contribution is 0.583. The van der Waals surface area contributed by atoms with Crippen LogP contribution in [0.4, 0.5) is 0 Å². The highest BCUT2D eigenvalue weighted by molar-refractivity contribution is 7.91. The molecule has 0 spiro atoms.